The van der Waals surface area contributed by atoms with Crippen molar-refractivity contribution >= 4 is 28.8 Å². The van der Waals surface area contributed by atoms with Crippen LogP contribution in [0, 0.1) is 34.5 Å². The van der Waals surface area contributed by atoms with E-state index in [1.807, 2.05) is 33.0 Å². The van der Waals surface area contributed by atoms with E-state index >= 15 is 0 Å². The standard InChI is InChI=1S/C19H26N4O2.C9H15N/c1-13(2)9-14(10-20-6)16-15-7-8-23(17(15)22-11-21-16)12-25-18(24)19(3,4)5;1-8(6-7-10)9-4-2-3-5-9/h7-11,13H,12H2,1-6H3;8-9H,2-6H2,1H3/b14-9+,20-10?;. The number of nitriles is 1. The van der Waals surface area contributed by atoms with Gasteiger partial charge >= 0.3 is 5.97 Å². The summed E-state index contributed by atoms with van der Waals surface area (Å²) >= 11 is 0. The van der Waals surface area contributed by atoms with Gasteiger partial charge in [0.25, 0.3) is 0 Å². The number of esters is 1. The maximum absolute atomic E-state index is 12.0. The van der Waals surface area contributed by atoms with Gasteiger partial charge < -0.3 is 4.74 Å². The van der Waals surface area contributed by atoms with E-state index in [0.29, 0.717) is 11.8 Å². The van der Waals surface area contributed by atoms with E-state index in [0.717, 1.165) is 34.6 Å². The van der Waals surface area contributed by atoms with Gasteiger partial charge in [0.2, 0.25) is 0 Å². The third-order valence-electron chi connectivity index (χ3n) is 6.18. The number of ether oxygens (including phenoxy) is 1. The number of carbonyl (C=O) groups excluding carboxylic acids is 1. The van der Waals surface area contributed by atoms with Gasteiger partial charge in [0.05, 0.1) is 17.2 Å². The largest absolute Gasteiger partial charge is 0.443 e. The van der Waals surface area contributed by atoms with Crippen LogP contribution in [0.15, 0.2) is 29.7 Å². The van der Waals surface area contributed by atoms with E-state index in [4.69, 9.17) is 10.00 Å². The lowest BCUT2D eigenvalue weighted by atomic mass is 9.90. The molecule has 7 nitrogen and oxygen atoms in total. The number of carbonyl (C=O) groups is 1. The van der Waals surface area contributed by atoms with Crippen molar-refractivity contribution in [3.05, 3.63) is 30.4 Å². The smallest absolute Gasteiger partial charge is 0.312 e. The number of nitrogens with zero attached hydrogens (tertiary/aromatic N) is 5. The van der Waals surface area contributed by atoms with Crippen LogP contribution in [0.4, 0.5) is 0 Å². The molecule has 0 radical (unpaired) electrons. The Kier molecular flexibility index (Phi) is 10.6. The zero-order valence-electron chi connectivity index (χ0n) is 22.4. The minimum absolute atomic E-state index is 0.126. The number of aliphatic imine (C=N–C) groups is 1. The molecule has 7 heteroatoms. The van der Waals surface area contributed by atoms with Gasteiger partial charge in [0, 0.05) is 36.8 Å². The lowest BCUT2D eigenvalue weighted by molar-refractivity contribution is -0.156. The van der Waals surface area contributed by atoms with E-state index in [1.54, 1.807) is 17.8 Å². The van der Waals surface area contributed by atoms with Gasteiger partial charge in [-0.25, -0.2) is 9.97 Å². The molecule has 1 unspecified atom stereocenters. The normalized spacial score (nSPS) is 15.8. The molecule has 3 rings (SSSR count). The molecular weight excluding hydrogens is 438 g/mol. The van der Waals surface area contributed by atoms with Crippen LogP contribution in [-0.4, -0.2) is 33.8 Å². The average Bonchev–Trinajstić information content (AvgIpc) is 3.47. The molecule has 1 fully saturated rings. The first-order valence-electron chi connectivity index (χ1n) is 12.6. The third kappa shape index (κ3) is 8.31. The molecule has 35 heavy (non-hydrogen) atoms. The van der Waals surface area contributed by atoms with E-state index in [1.165, 1.54) is 32.0 Å². The SMILES string of the molecule is CC(CC#N)C1CCCC1.CN=C/C(=C\C(C)C)c1ncnc2c1ccn2COC(=O)C(C)(C)C. The summed E-state index contributed by atoms with van der Waals surface area (Å²) in [4.78, 5) is 24.9. The molecule has 190 valence electrons. The van der Waals surface area contributed by atoms with Crippen LogP contribution in [0.5, 0.6) is 0 Å². The first-order chi connectivity index (χ1) is 16.6. The van der Waals surface area contributed by atoms with Crippen LogP contribution >= 0.6 is 0 Å². The highest BCUT2D eigenvalue weighted by atomic mass is 16.5. The highest BCUT2D eigenvalue weighted by Gasteiger charge is 2.23. The Bertz CT molecular complexity index is 1060. The lowest BCUT2D eigenvalue weighted by Gasteiger charge is -2.17. The summed E-state index contributed by atoms with van der Waals surface area (Å²) in [5.74, 6) is 1.63. The minimum atomic E-state index is -0.534. The molecule has 0 amide bonds. The quantitative estimate of drug-likeness (QED) is 0.336. The van der Waals surface area contributed by atoms with Gasteiger partial charge in [-0.1, -0.05) is 52.5 Å². The Balaban J connectivity index is 0.000000360. The second-order valence-corrected chi connectivity index (χ2v) is 10.7. The topological polar surface area (TPSA) is 93.2 Å². The summed E-state index contributed by atoms with van der Waals surface area (Å²) in [5.41, 5.74) is 1.97. The van der Waals surface area contributed by atoms with Crippen LogP contribution in [0.25, 0.3) is 16.6 Å². The molecule has 2 heterocycles. The Labute approximate surface area is 210 Å². The van der Waals surface area contributed by atoms with Crippen molar-refractivity contribution in [2.24, 2.45) is 28.2 Å². The Hall–Kier alpha value is -3.01. The third-order valence-corrected chi connectivity index (χ3v) is 6.18. The number of aromatic nitrogens is 3. The molecule has 1 saturated carbocycles. The molecule has 1 atom stereocenters. The van der Waals surface area contributed by atoms with Gasteiger partial charge in [-0.3, -0.25) is 14.4 Å². The molecule has 0 aromatic carbocycles. The Morgan fingerprint density at radius 3 is 2.54 bits per heavy atom. The first kappa shape index (κ1) is 28.2. The average molecular weight is 480 g/mol. The summed E-state index contributed by atoms with van der Waals surface area (Å²) in [7, 11) is 1.74. The zero-order chi connectivity index (χ0) is 26.0. The van der Waals surface area contributed by atoms with Crippen molar-refractivity contribution in [3.63, 3.8) is 0 Å². The number of fused-ring (bicyclic) bond motifs is 1. The van der Waals surface area contributed by atoms with Crippen LogP contribution in [0.1, 0.15) is 79.3 Å². The highest BCUT2D eigenvalue weighted by Crippen LogP contribution is 2.32. The fourth-order valence-corrected chi connectivity index (χ4v) is 4.20. The summed E-state index contributed by atoms with van der Waals surface area (Å²) in [6.45, 7) is 12.0. The second-order valence-electron chi connectivity index (χ2n) is 10.7. The maximum Gasteiger partial charge on any atom is 0.312 e. The summed E-state index contributed by atoms with van der Waals surface area (Å²) in [6.07, 6.45) is 13.6. The van der Waals surface area contributed by atoms with Gasteiger partial charge in [-0.2, -0.15) is 5.26 Å². The lowest BCUT2D eigenvalue weighted by Crippen LogP contribution is -2.23. The molecule has 0 N–H and O–H groups in total. The van der Waals surface area contributed by atoms with Crippen LogP contribution in [-0.2, 0) is 16.3 Å². The highest BCUT2D eigenvalue weighted by molar-refractivity contribution is 6.13. The number of allylic oxidation sites excluding steroid dienone is 2. The van der Waals surface area contributed by atoms with Crippen molar-refractivity contribution < 1.29 is 9.53 Å². The Morgan fingerprint density at radius 2 is 1.97 bits per heavy atom. The minimum Gasteiger partial charge on any atom is -0.443 e. The van der Waals surface area contributed by atoms with Crippen LogP contribution in [0.3, 0.4) is 0 Å². The van der Waals surface area contributed by atoms with Gasteiger partial charge in [0.15, 0.2) is 6.73 Å². The fraction of sp³-hybridized carbons (Fsp3) is 0.607. The summed E-state index contributed by atoms with van der Waals surface area (Å²) in [5, 5.41) is 9.35. The molecule has 2 aromatic rings. The zero-order valence-corrected chi connectivity index (χ0v) is 22.4. The van der Waals surface area contributed by atoms with Gasteiger partial charge in [-0.15, -0.1) is 0 Å². The maximum atomic E-state index is 12.0. The fourth-order valence-electron chi connectivity index (χ4n) is 4.20. The molecular formula is C28H41N5O2. The number of hydrogen-bond donors (Lipinski definition) is 0. The molecule has 2 aromatic heterocycles. The number of rotatable bonds is 7. The van der Waals surface area contributed by atoms with Gasteiger partial charge in [0.1, 0.15) is 12.0 Å². The van der Waals surface area contributed by atoms with Crippen molar-refractivity contribution in [2.75, 3.05) is 7.05 Å². The molecule has 0 spiro atoms. The van der Waals surface area contributed by atoms with Crippen molar-refractivity contribution in [3.8, 4) is 6.07 Å². The van der Waals surface area contributed by atoms with E-state index in [9.17, 15) is 4.79 Å². The molecule has 0 bridgehead atoms. The van der Waals surface area contributed by atoms with E-state index in [2.05, 4.69) is 47.9 Å². The van der Waals surface area contributed by atoms with Crippen molar-refractivity contribution in [2.45, 2.75) is 80.4 Å². The monoisotopic (exact) mass is 479 g/mol. The van der Waals surface area contributed by atoms with Gasteiger partial charge in [-0.05, 0) is 44.6 Å². The van der Waals surface area contributed by atoms with Crippen molar-refractivity contribution in [1.82, 2.24) is 14.5 Å². The summed E-state index contributed by atoms with van der Waals surface area (Å²) in [6, 6.07) is 4.18. The predicted molar refractivity (Wildman–Crippen MR) is 142 cm³/mol. The van der Waals surface area contributed by atoms with Crippen molar-refractivity contribution in [1.29, 1.82) is 5.26 Å². The van der Waals surface area contributed by atoms with Crippen LogP contribution in [0.2, 0.25) is 0 Å². The molecule has 1 aliphatic rings. The Morgan fingerprint density at radius 1 is 1.29 bits per heavy atom. The number of hydrogen-bond acceptors (Lipinski definition) is 6. The second kappa shape index (κ2) is 13.2. The van der Waals surface area contributed by atoms with E-state index in [-0.39, 0.29) is 12.7 Å². The summed E-state index contributed by atoms with van der Waals surface area (Å²) < 4.78 is 7.20. The molecule has 0 aliphatic heterocycles. The molecule has 1 aliphatic carbocycles. The molecule has 0 saturated heterocycles. The van der Waals surface area contributed by atoms with E-state index < -0.39 is 5.41 Å². The van der Waals surface area contributed by atoms with Crippen LogP contribution < -0.4 is 0 Å². The predicted octanol–water partition coefficient (Wildman–Crippen LogP) is 6.44. The first-order valence-corrected chi connectivity index (χ1v) is 12.6.